The highest BCUT2D eigenvalue weighted by molar-refractivity contribution is 5.91. The average molecular weight is 468 g/mol. The van der Waals surface area contributed by atoms with Crippen molar-refractivity contribution in [2.75, 3.05) is 6.61 Å². The maximum atomic E-state index is 12.9. The quantitative estimate of drug-likeness (QED) is 0.255. The van der Waals surface area contributed by atoms with Crippen LogP contribution in [0.1, 0.15) is 36.6 Å². The third kappa shape index (κ3) is 5.87. The van der Waals surface area contributed by atoms with Crippen molar-refractivity contribution in [3.8, 4) is 11.5 Å². The van der Waals surface area contributed by atoms with Gasteiger partial charge in [-0.3, -0.25) is 4.79 Å². The van der Waals surface area contributed by atoms with Crippen molar-refractivity contribution in [3.63, 3.8) is 0 Å². The standard InChI is InChI=1S/C30H29NO4/c1-20(2)30(33)31-29(23-15-13-21(3)14-16-23)28-25-12-8-7-9-22(25)17-18-26(28)35-27(32)19-34-24-10-5-4-6-11-24/h4-18,20,29H,19H2,1-3H3,(H,31,33)/t29-/m1/s1. The molecular formula is C30H29NO4. The first-order chi connectivity index (χ1) is 16.9. The number of hydrogen-bond acceptors (Lipinski definition) is 4. The molecule has 1 atom stereocenters. The molecule has 1 amide bonds. The molecule has 0 aliphatic heterocycles. The van der Waals surface area contributed by atoms with E-state index in [-0.39, 0.29) is 18.4 Å². The Kier molecular flexibility index (Phi) is 7.46. The van der Waals surface area contributed by atoms with Gasteiger partial charge in [0.05, 0.1) is 6.04 Å². The van der Waals surface area contributed by atoms with Crippen molar-refractivity contribution in [2.45, 2.75) is 26.8 Å². The van der Waals surface area contributed by atoms with Crippen LogP contribution in [0.3, 0.4) is 0 Å². The van der Waals surface area contributed by atoms with E-state index >= 15 is 0 Å². The molecule has 1 N–H and O–H groups in total. The van der Waals surface area contributed by atoms with Gasteiger partial charge in [0, 0.05) is 11.5 Å². The summed E-state index contributed by atoms with van der Waals surface area (Å²) in [5, 5.41) is 5.06. The maximum Gasteiger partial charge on any atom is 0.349 e. The minimum Gasteiger partial charge on any atom is -0.482 e. The first kappa shape index (κ1) is 24.0. The molecule has 4 rings (SSSR count). The molecule has 5 nitrogen and oxygen atoms in total. The van der Waals surface area contributed by atoms with Crippen molar-refractivity contribution in [1.82, 2.24) is 5.32 Å². The first-order valence-corrected chi connectivity index (χ1v) is 11.7. The number of carbonyl (C=O) groups excluding carboxylic acids is 2. The van der Waals surface area contributed by atoms with Gasteiger partial charge >= 0.3 is 5.97 Å². The van der Waals surface area contributed by atoms with E-state index in [1.165, 1.54) is 0 Å². The van der Waals surface area contributed by atoms with Crippen molar-refractivity contribution in [1.29, 1.82) is 0 Å². The molecule has 0 fully saturated rings. The second-order valence-corrected chi connectivity index (χ2v) is 8.78. The number of benzene rings is 4. The summed E-state index contributed by atoms with van der Waals surface area (Å²) in [6.07, 6.45) is 0. The van der Waals surface area contributed by atoms with E-state index in [9.17, 15) is 9.59 Å². The van der Waals surface area contributed by atoms with Crippen molar-refractivity contribution >= 4 is 22.6 Å². The molecule has 0 aromatic heterocycles. The van der Waals surface area contributed by atoms with Crippen LogP contribution in [0.5, 0.6) is 11.5 Å². The normalized spacial score (nSPS) is 11.8. The highest BCUT2D eigenvalue weighted by Gasteiger charge is 2.25. The predicted octanol–water partition coefficient (Wildman–Crippen LogP) is 5.99. The molecule has 0 saturated heterocycles. The molecule has 0 bridgehead atoms. The molecule has 178 valence electrons. The summed E-state index contributed by atoms with van der Waals surface area (Å²) in [6.45, 7) is 5.49. The minimum atomic E-state index is -0.525. The lowest BCUT2D eigenvalue weighted by Crippen LogP contribution is -2.33. The number of fused-ring (bicyclic) bond motifs is 1. The Morgan fingerprint density at radius 3 is 2.23 bits per heavy atom. The number of aryl methyl sites for hydroxylation is 1. The van der Waals surface area contributed by atoms with E-state index in [4.69, 9.17) is 9.47 Å². The third-order valence-corrected chi connectivity index (χ3v) is 5.76. The summed E-state index contributed by atoms with van der Waals surface area (Å²) >= 11 is 0. The topological polar surface area (TPSA) is 64.6 Å². The molecule has 0 aliphatic rings. The zero-order chi connectivity index (χ0) is 24.8. The molecule has 0 radical (unpaired) electrons. The molecule has 4 aromatic rings. The summed E-state index contributed by atoms with van der Waals surface area (Å²) in [7, 11) is 0. The Morgan fingerprint density at radius 2 is 1.51 bits per heavy atom. The number of carbonyl (C=O) groups is 2. The minimum absolute atomic E-state index is 0.0896. The van der Waals surface area contributed by atoms with Gasteiger partial charge < -0.3 is 14.8 Å². The smallest absolute Gasteiger partial charge is 0.349 e. The van der Waals surface area contributed by atoms with Crippen LogP contribution in [-0.2, 0) is 9.59 Å². The number of para-hydroxylation sites is 1. The number of rotatable bonds is 8. The van der Waals surface area contributed by atoms with E-state index in [1.807, 2.05) is 93.6 Å². The Labute approximate surface area is 205 Å². The van der Waals surface area contributed by atoms with Gasteiger partial charge in [0.15, 0.2) is 6.61 Å². The predicted molar refractivity (Wildman–Crippen MR) is 138 cm³/mol. The fourth-order valence-electron chi connectivity index (χ4n) is 3.86. The van der Waals surface area contributed by atoms with Crippen LogP contribution >= 0.6 is 0 Å². The van der Waals surface area contributed by atoms with E-state index in [2.05, 4.69) is 5.32 Å². The van der Waals surface area contributed by atoms with E-state index in [0.717, 1.165) is 27.5 Å². The fraction of sp³-hybridized carbons (Fsp3) is 0.200. The average Bonchev–Trinajstić information content (AvgIpc) is 2.87. The zero-order valence-electron chi connectivity index (χ0n) is 20.2. The Hall–Kier alpha value is -4.12. The van der Waals surface area contributed by atoms with Gasteiger partial charge in [0.25, 0.3) is 0 Å². The van der Waals surface area contributed by atoms with Crippen LogP contribution < -0.4 is 14.8 Å². The van der Waals surface area contributed by atoms with Crippen molar-refractivity contribution in [2.24, 2.45) is 5.92 Å². The summed E-state index contributed by atoms with van der Waals surface area (Å²) in [5.41, 5.74) is 2.75. The Bertz CT molecular complexity index is 1310. The van der Waals surface area contributed by atoms with Gasteiger partial charge in [0.1, 0.15) is 11.5 Å². The second kappa shape index (κ2) is 10.9. The SMILES string of the molecule is Cc1ccc([C@@H](NC(=O)C(C)C)c2c(OC(=O)COc3ccccc3)ccc3ccccc23)cc1. The molecule has 35 heavy (non-hydrogen) atoms. The highest BCUT2D eigenvalue weighted by Crippen LogP contribution is 2.37. The lowest BCUT2D eigenvalue weighted by molar-refractivity contribution is -0.136. The fourth-order valence-corrected chi connectivity index (χ4v) is 3.86. The lowest BCUT2D eigenvalue weighted by atomic mass is 9.91. The van der Waals surface area contributed by atoms with Crippen LogP contribution in [0.2, 0.25) is 0 Å². The number of ether oxygens (including phenoxy) is 2. The largest absolute Gasteiger partial charge is 0.482 e. The molecule has 0 spiro atoms. The maximum absolute atomic E-state index is 12.9. The summed E-state index contributed by atoms with van der Waals surface area (Å²) in [4.78, 5) is 25.6. The summed E-state index contributed by atoms with van der Waals surface area (Å²) in [6, 6.07) is 28.2. The molecule has 5 heteroatoms. The molecule has 0 heterocycles. The van der Waals surface area contributed by atoms with Crippen LogP contribution in [0.4, 0.5) is 0 Å². The van der Waals surface area contributed by atoms with Crippen LogP contribution in [0.25, 0.3) is 10.8 Å². The van der Waals surface area contributed by atoms with Gasteiger partial charge in [-0.1, -0.05) is 92.2 Å². The summed E-state index contributed by atoms with van der Waals surface area (Å²) < 4.78 is 11.4. The first-order valence-electron chi connectivity index (χ1n) is 11.7. The molecular weight excluding hydrogens is 438 g/mol. The van der Waals surface area contributed by atoms with Crippen LogP contribution in [0, 0.1) is 12.8 Å². The van der Waals surface area contributed by atoms with Crippen LogP contribution in [0.15, 0.2) is 91.0 Å². The number of hydrogen-bond donors (Lipinski definition) is 1. The van der Waals surface area contributed by atoms with Crippen molar-refractivity contribution in [3.05, 3.63) is 108 Å². The van der Waals surface area contributed by atoms with E-state index in [0.29, 0.717) is 11.5 Å². The van der Waals surface area contributed by atoms with Gasteiger partial charge in [0.2, 0.25) is 5.91 Å². The number of esters is 1. The number of amides is 1. The lowest BCUT2D eigenvalue weighted by Gasteiger charge is -2.25. The second-order valence-electron chi connectivity index (χ2n) is 8.78. The van der Waals surface area contributed by atoms with E-state index < -0.39 is 12.0 Å². The van der Waals surface area contributed by atoms with Gasteiger partial charge in [-0.15, -0.1) is 0 Å². The Balaban J connectivity index is 1.74. The molecule has 0 unspecified atom stereocenters. The highest BCUT2D eigenvalue weighted by atomic mass is 16.6. The van der Waals surface area contributed by atoms with Crippen molar-refractivity contribution < 1.29 is 19.1 Å². The summed E-state index contributed by atoms with van der Waals surface area (Å²) in [5.74, 6) is 0.157. The van der Waals surface area contributed by atoms with Gasteiger partial charge in [-0.05, 0) is 41.5 Å². The monoisotopic (exact) mass is 467 g/mol. The number of nitrogens with one attached hydrogen (secondary N) is 1. The molecule has 4 aromatic carbocycles. The Morgan fingerprint density at radius 1 is 0.829 bits per heavy atom. The van der Waals surface area contributed by atoms with E-state index in [1.54, 1.807) is 18.2 Å². The molecule has 0 aliphatic carbocycles. The van der Waals surface area contributed by atoms with Gasteiger partial charge in [-0.2, -0.15) is 0 Å². The molecule has 0 saturated carbocycles. The third-order valence-electron chi connectivity index (χ3n) is 5.76. The van der Waals surface area contributed by atoms with Gasteiger partial charge in [-0.25, -0.2) is 4.79 Å². The zero-order valence-corrected chi connectivity index (χ0v) is 20.2. The van der Waals surface area contributed by atoms with Crippen LogP contribution in [-0.4, -0.2) is 18.5 Å².